The molecule has 0 spiro atoms. The normalized spacial score (nSPS) is 17.0. The van der Waals surface area contributed by atoms with E-state index in [1.165, 1.54) is 12.1 Å². The number of nitrogens with zero attached hydrogens (tertiary/aromatic N) is 4. The van der Waals surface area contributed by atoms with Crippen LogP contribution in [0.4, 0.5) is 4.39 Å². The van der Waals surface area contributed by atoms with Crippen LogP contribution < -0.4 is 15.6 Å². The standard InChI is InChI=1S/C34H32BrFN6O4/c35-27-13-9-23(10-14-27)20-34(33(44)41-38-21-24-5-3-7-28(36)19-24)31(30-8-2-1-6-26(30)22-39-42-37)46-32(40-34)25-11-15-29(16-12-25)45-18-4-17-43/h1-3,5-16,19,31,38,43H,4,17-18,20-22H2,(H,41,44)/t31-,34-/m0/s1. The minimum atomic E-state index is -1.51. The van der Waals surface area contributed by atoms with Crippen molar-refractivity contribution in [1.29, 1.82) is 0 Å². The SMILES string of the molecule is [N-]=[N+]=NCc1ccccc1[C@@H]1OC(c2ccc(OCCCO)cc2)=N[C@]1(Cc1ccc(Br)cc1)C(=O)NNCc1cccc(F)c1. The van der Waals surface area contributed by atoms with Crippen molar-refractivity contribution in [3.63, 3.8) is 0 Å². The van der Waals surface area contributed by atoms with Gasteiger partial charge in [-0.25, -0.2) is 14.8 Å². The van der Waals surface area contributed by atoms with Crippen molar-refractivity contribution in [3.05, 3.63) is 146 Å². The summed E-state index contributed by atoms with van der Waals surface area (Å²) < 4.78 is 27.0. The van der Waals surface area contributed by atoms with Gasteiger partial charge in [0.2, 0.25) is 5.90 Å². The van der Waals surface area contributed by atoms with Gasteiger partial charge in [0.1, 0.15) is 11.6 Å². The summed E-state index contributed by atoms with van der Waals surface area (Å²) in [5.74, 6) is 0.0296. The molecule has 0 unspecified atom stereocenters. The van der Waals surface area contributed by atoms with Crippen LogP contribution in [0.1, 0.15) is 40.3 Å². The fourth-order valence-electron chi connectivity index (χ4n) is 5.20. The molecule has 0 radical (unpaired) electrons. The number of benzene rings is 4. The molecule has 0 saturated heterocycles. The van der Waals surface area contributed by atoms with E-state index >= 15 is 0 Å². The molecule has 0 fully saturated rings. The second-order valence-electron chi connectivity index (χ2n) is 10.6. The lowest BCUT2D eigenvalue weighted by molar-refractivity contribution is -0.130. The van der Waals surface area contributed by atoms with Gasteiger partial charge in [-0.1, -0.05) is 69.6 Å². The number of aliphatic hydroxyl groups is 1. The molecular formula is C34H32BrFN6O4. The van der Waals surface area contributed by atoms with Crippen molar-refractivity contribution in [2.24, 2.45) is 10.1 Å². The van der Waals surface area contributed by atoms with Gasteiger partial charge in [0.05, 0.1) is 13.2 Å². The average molecular weight is 688 g/mol. The third-order valence-corrected chi connectivity index (χ3v) is 7.97. The predicted molar refractivity (Wildman–Crippen MR) is 175 cm³/mol. The van der Waals surface area contributed by atoms with E-state index in [-0.39, 0.29) is 37.8 Å². The van der Waals surface area contributed by atoms with Crippen molar-refractivity contribution in [3.8, 4) is 5.75 Å². The zero-order valence-corrected chi connectivity index (χ0v) is 26.4. The molecule has 1 aliphatic heterocycles. The molecule has 2 atom stereocenters. The summed E-state index contributed by atoms with van der Waals surface area (Å²) in [6.45, 7) is 0.627. The minimum absolute atomic E-state index is 0.0326. The molecule has 1 aliphatic rings. The van der Waals surface area contributed by atoms with Crippen LogP contribution in [0.3, 0.4) is 0 Å². The number of halogens is 2. The molecule has 1 amide bonds. The lowest BCUT2D eigenvalue weighted by Gasteiger charge is -2.32. The number of azide groups is 1. The van der Waals surface area contributed by atoms with Gasteiger partial charge in [-0.3, -0.25) is 10.2 Å². The number of ether oxygens (including phenoxy) is 2. The smallest absolute Gasteiger partial charge is 0.266 e. The van der Waals surface area contributed by atoms with Gasteiger partial charge in [0, 0.05) is 40.9 Å². The van der Waals surface area contributed by atoms with E-state index in [9.17, 15) is 9.18 Å². The monoisotopic (exact) mass is 686 g/mol. The maximum atomic E-state index is 14.4. The fourth-order valence-corrected chi connectivity index (χ4v) is 5.46. The van der Waals surface area contributed by atoms with Crippen molar-refractivity contribution in [2.45, 2.75) is 37.6 Å². The topological polar surface area (TPSA) is 141 Å². The second kappa shape index (κ2) is 15.5. The molecule has 10 nitrogen and oxygen atoms in total. The van der Waals surface area contributed by atoms with Crippen LogP contribution in [0, 0.1) is 5.82 Å². The van der Waals surface area contributed by atoms with Crippen LogP contribution in [-0.2, 0) is 29.0 Å². The molecule has 0 bridgehead atoms. The quantitative estimate of drug-likeness (QED) is 0.0458. The number of nitrogens with one attached hydrogen (secondary N) is 2. The highest BCUT2D eigenvalue weighted by Crippen LogP contribution is 2.44. The third-order valence-electron chi connectivity index (χ3n) is 7.44. The Morgan fingerprint density at radius 3 is 2.59 bits per heavy atom. The van der Waals surface area contributed by atoms with Crippen LogP contribution in [0.15, 0.2) is 112 Å². The molecule has 3 N–H and O–H groups in total. The number of hydrazine groups is 1. The predicted octanol–water partition coefficient (Wildman–Crippen LogP) is 6.48. The first-order chi connectivity index (χ1) is 22.4. The summed E-state index contributed by atoms with van der Waals surface area (Å²) in [5.41, 5.74) is 16.7. The summed E-state index contributed by atoms with van der Waals surface area (Å²) in [6.07, 6.45) is -0.233. The first kappa shape index (κ1) is 32.6. The number of amides is 1. The van der Waals surface area contributed by atoms with Crippen LogP contribution in [0.2, 0.25) is 0 Å². The highest BCUT2D eigenvalue weighted by atomic mass is 79.9. The number of carbonyl (C=O) groups is 1. The van der Waals surface area contributed by atoms with Crippen LogP contribution in [0.25, 0.3) is 10.4 Å². The Bertz CT molecular complexity index is 1730. The summed E-state index contributed by atoms with van der Waals surface area (Å²) in [7, 11) is 0. The minimum Gasteiger partial charge on any atom is -0.494 e. The highest BCUT2D eigenvalue weighted by molar-refractivity contribution is 9.10. The number of aliphatic imine (C=N–C) groups is 1. The number of carbonyl (C=O) groups excluding carboxylic acids is 1. The van der Waals surface area contributed by atoms with Crippen molar-refractivity contribution in [2.75, 3.05) is 13.2 Å². The van der Waals surface area contributed by atoms with E-state index in [2.05, 4.69) is 36.8 Å². The molecule has 5 rings (SSSR count). The Morgan fingerprint density at radius 2 is 1.85 bits per heavy atom. The summed E-state index contributed by atoms with van der Waals surface area (Å²) >= 11 is 3.48. The summed E-state index contributed by atoms with van der Waals surface area (Å²) in [6, 6.07) is 28.2. The zero-order valence-electron chi connectivity index (χ0n) is 24.8. The van der Waals surface area contributed by atoms with E-state index in [4.69, 9.17) is 25.1 Å². The van der Waals surface area contributed by atoms with Crippen LogP contribution in [-0.4, -0.2) is 35.7 Å². The Labute approximate surface area is 274 Å². The Morgan fingerprint density at radius 1 is 1.07 bits per heavy atom. The molecule has 0 aliphatic carbocycles. The number of aliphatic hydroxyl groups excluding tert-OH is 1. The van der Waals surface area contributed by atoms with Crippen LogP contribution in [0.5, 0.6) is 5.75 Å². The van der Waals surface area contributed by atoms with Crippen molar-refractivity contribution >= 4 is 27.7 Å². The third kappa shape index (κ3) is 7.91. The number of hydrogen-bond acceptors (Lipinski definition) is 7. The molecule has 4 aromatic rings. The molecule has 46 heavy (non-hydrogen) atoms. The molecule has 0 aromatic heterocycles. The first-order valence-electron chi connectivity index (χ1n) is 14.6. The van der Waals surface area contributed by atoms with Gasteiger partial charge in [-0.05, 0) is 76.3 Å². The molecular weight excluding hydrogens is 655 g/mol. The van der Waals surface area contributed by atoms with E-state index in [0.717, 1.165) is 10.0 Å². The van der Waals surface area contributed by atoms with Gasteiger partial charge in [0.25, 0.3) is 5.91 Å². The maximum absolute atomic E-state index is 14.4. The first-order valence-corrected chi connectivity index (χ1v) is 15.4. The van der Waals surface area contributed by atoms with Gasteiger partial charge >= 0.3 is 0 Å². The average Bonchev–Trinajstić information content (AvgIpc) is 3.45. The van der Waals surface area contributed by atoms with E-state index < -0.39 is 17.6 Å². The molecule has 236 valence electrons. The molecule has 12 heteroatoms. The number of hydrogen-bond donors (Lipinski definition) is 3. The largest absolute Gasteiger partial charge is 0.494 e. The summed E-state index contributed by atoms with van der Waals surface area (Å²) in [5, 5.41) is 12.8. The van der Waals surface area contributed by atoms with E-state index in [1.54, 1.807) is 36.4 Å². The summed E-state index contributed by atoms with van der Waals surface area (Å²) in [4.78, 5) is 22.4. The molecule has 0 saturated carbocycles. The molecule has 4 aromatic carbocycles. The lowest BCUT2D eigenvalue weighted by Crippen LogP contribution is -2.53. The van der Waals surface area contributed by atoms with Crippen molar-refractivity contribution in [1.82, 2.24) is 10.9 Å². The van der Waals surface area contributed by atoms with Gasteiger partial charge in [-0.2, -0.15) is 0 Å². The highest BCUT2D eigenvalue weighted by Gasteiger charge is 2.54. The number of rotatable bonds is 14. The van der Waals surface area contributed by atoms with E-state index in [1.807, 2.05) is 48.5 Å². The Balaban J connectivity index is 1.56. The maximum Gasteiger partial charge on any atom is 0.266 e. The fraction of sp³-hybridized carbons (Fsp3) is 0.235. The van der Waals surface area contributed by atoms with E-state index in [0.29, 0.717) is 41.0 Å². The Kier molecular flexibility index (Phi) is 11.0. The van der Waals surface area contributed by atoms with Crippen LogP contribution >= 0.6 is 15.9 Å². The van der Waals surface area contributed by atoms with Gasteiger partial charge in [-0.15, -0.1) is 0 Å². The lowest BCUT2D eigenvalue weighted by atomic mass is 9.81. The van der Waals surface area contributed by atoms with Gasteiger partial charge in [0.15, 0.2) is 11.6 Å². The Hall–Kier alpha value is -4.74. The molecule has 1 heterocycles. The van der Waals surface area contributed by atoms with Crippen molar-refractivity contribution < 1.29 is 23.8 Å². The second-order valence-corrected chi connectivity index (χ2v) is 11.5. The van der Waals surface area contributed by atoms with Gasteiger partial charge < -0.3 is 14.6 Å². The zero-order chi connectivity index (χ0) is 32.4.